The molecule has 0 fully saturated rings. The summed E-state index contributed by atoms with van der Waals surface area (Å²) in [6, 6.07) is 23.3. The Balaban J connectivity index is 1.94. The Bertz CT molecular complexity index is 1140. The third-order valence-electron chi connectivity index (χ3n) is 5.99. The van der Waals surface area contributed by atoms with Gasteiger partial charge in [0.15, 0.2) is 18.1 Å². The molecular weight excluding hydrogens is 476 g/mol. The standard InChI is InChI=1S/C29H33ClN2O4/c1-4-21(2)31-29(34)25(18-22-12-6-5-7-13-22)32(19-23-14-8-9-15-24(23)30)28(33)20-36-27-17-11-10-16-26(27)35-3/h5-17,21,25H,4,18-20H2,1-3H3,(H,31,34)/t21-,25-/m1/s1. The van der Waals surface area contributed by atoms with Crippen molar-refractivity contribution in [2.24, 2.45) is 0 Å². The summed E-state index contributed by atoms with van der Waals surface area (Å²) in [5.74, 6) is 0.431. The molecule has 0 saturated heterocycles. The van der Waals surface area contributed by atoms with E-state index in [0.717, 1.165) is 17.5 Å². The molecule has 0 bridgehead atoms. The first kappa shape index (κ1) is 27.1. The van der Waals surface area contributed by atoms with Crippen LogP contribution in [-0.2, 0) is 22.6 Å². The van der Waals surface area contributed by atoms with Crippen LogP contribution >= 0.6 is 11.6 Å². The first-order chi connectivity index (χ1) is 17.4. The molecule has 0 spiro atoms. The van der Waals surface area contributed by atoms with E-state index in [4.69, 9.17) is 21.1 Å². The van der Waals surface area contributed by atoms with Crippen LogP contribution in [0.1, 0.15) is 31.4 Å². The molecule has 0 heterocycles. The van der Waals surface area contributed by atoms with Crippen LogP contribution in [0.3, 0.4) is 0 Å². The summed E-state index contributed by atoms with van der Waals surface area (Å²) in [6.07, 6.45) is 1.13. The smallest absolute Gasteiger partial charge is 0.261 e. The predicted molar refractivity (Wildman–Crippen MR) is 142 cm³/mol. The van der Waals surface area contributed by atoms with Crippen molar-refractivity contribution in [3.63, 3.8) is 0 Å². The van der Waals surface area contributed by atoms with Crippen LogP contribution in [0.25, 0.3) is 0 Å². The summed E-state index contributed by atoms with van der Waals surface area (Å²) in [4.78, 5) is 28.7. The Morgan fingerprint density at radius 2 is 1.58 bits per heavy atom. The number of amides is 2. The maximum absolute atomic E-state index is 13.7. The number of methoxy groups -OCH3 is 1. The van der Waals surface area contributed by atoms with Crippen molar-refractivity contribution in [2.75, 3.05) is 13.7 Å². The average Bonchev–Trinajstić information content (AvgIpc) is 2.90. The van der Waals surface area contributed by atoms with E-state index in [1.165, 1.54) is 0 Å². The molecule has 3 aromatic carbocycles. The van der Waals surface area contributed by atoms with Crippen molar-refractivity contribution < 1.29 is 19.1 Å². The first-order valence-electron chi connectivity index (χ1n) is 12.1. The molecule has 0 unspecified atom stereocenters. The second-order valence-corrected chi connectivity index (χ2v) is 8.98. The van der Waals surface area contributed by atoms with Crippen LogP contribution in [0.2, 0.25) is 5.02 Å². The molecule has 36 heavy (non-hydrogen) atoms. The molecule has 2 atom stereocenters. The normalized spacial score (nSPS) is 12.3. The lowest BCUT2D eigenvalue weighted by molar-refractivity contribution is -0.143. The van der Waals surface area contributed by atoms with E-state index in [-0.39, 0.29) is 31.0 Å². The number of rotatable bonds is 12. The van der Waals surface area contributed by atoms with Crippen molar-refractivity contribution >= 4 is 23.4 Å². The van der Waals surface area contributed by atoms with Crippen molar-refractivity contribution in [3.05, 3.63) is 95.0 Å². The summed E-state index contributed by atoms with van der Waals surface area (Å²) >= 11 is 6.45. The topological polar surface area (TPSA) is 67.9 Å². The molecule has 0 aromatic heterocycles. The number of halogens is 1. The fraction of sp³-hybridized carbons (Fsp3) is 0.310. The van der Waals surface area contributed by atoms with Gasteiger partial charge in [0.25, 0.3) is 5.91 Å². The summed E-state index contributed by atoms with van der Waals surface area (Å²) in [6.45, 7) is 3.86. The Hall–Kier alpha value is -3.51. The molecule has 3 aromatic rings. The largest absolute Gasteiger partial charge is 0.493 e. The van der Waals surface area contributed by atoms with Gasteiger partial charge in [0, 0.05) is 24.0 Å². The minimum atomic E-state index is -0.758. The third kappa shape index (κ3) is 7.49. The number of para-hydroxylation sites is 2. The highest BCUT2D eigenvalue weighted by Crippen LogP contribution is 2.26. The van der Waals surface area contributed by atoms with Gasteiger partial charge in [0.05, 0.1) is 7.11 Å². The quantitative estimate of drug-likeness (QED) is 0.361. The minimum Gasteiger partial charge on any atom is -0.493 e. The molecule has 0 saturated carbocycles. The summed E-state index contributed by atoms with van der Waals surface area (Å²) in [7, 11) is 1.54. The van der Waals surface area contributed by atoms with E-state index < -0.39 is 6.04 Å². The van der Waals surface area contributed by atoms with Gasteiger partial charge in [-0.2, -0.15) is 0 Å². The van der Waals surface area contributed by atoms with E-state index >= 15 is 0 Å². The Morgan fingerprint density at radius 1 is 0.944 bits per heavy atom. The van der Waals surface area contributed by atoms with Crippen LogP contribution < -0.4 is 14.8 Å². The second-order valence-electron chi connectivity index (χ2n) is 8.58. The molecule has 0 aliphatic heterocycles. The summed E-state index contributed by atoms with van der Waals surface area (Å²) in [5.41, 5.74) is 1.70. The molecule has 0 aliphatic carbocycles. The summed E-state index contributed by atoms with van der Waals surface area (Å²) < 4.78 is 11.2. The Morgan fingerprint density at radius 3 is 2.25 bits per heavy atom. The molecule has 6 nitrogen and oxygen atoms in total. The van der Waals surface area contributed by atoms with Gasteiger partial charge in [0.2, 0.25) is 5.91 Å². The van der Waals surface area contributed by atoms with E-state index in [1.54, 1.807) is 30.2 Å². The number of benzene rings is 3. The zero-order valence-electron chi connectivity index (χ0n) is 20.9. The number of nitrogens with zero attached hydrogens (tertiary/aromatic N) is 1. The monoisotopic (exact) mass is 508 g/mol. The average molecular weight is 509 g/mol. The van der Waals surface area contributed by atoms with Gasteiger partial charge in [-0.25, -0.2) is 0 Å². The molecule has 2 amide bonds. The zero-order valence-corrected chi connectivity index (χ0v) is 21.7. The third-order valence-corrected chi connectivity index (χ3v) is 6.36. The Labute approximate surface area is 218 Å². The van der Waals surface area contributed by atoms with Crippen LogP contribution in [0.5, 0.6) is 11.5 Å². The van der Waals surface area contributed by atoms with Crippen molar-refractivity contribution in [1.29, 1.82) is 0 Å². The molecule has 3 rings (SSSR count). The van der Waals surface area contributed by atoms with E-state index in [2.05, 4.69) is 5.32 Å². The van der Waals surface area contributed by atoms with Gasteiger partial charge < -0.3 is 19.7 Å². The van der Waals surface area contributed by atoms with Gasteiger partial charge in [-0.15, -0.1) is 0 Å². The van der Waals surface area contributed by atoms with Gasteiger partial charge in [-0.05, 0) is 42.7 Å². The highest BCUT2D eigenvalue weighted by atomic mass is 35.5. The van der Waals surface area contributed by atoms with Gasteiger partial charge in [0.1, 0.15) is 6.04 Å². The lowest BCUT2D eigenvalue weighted by Gasteiger charge is -2.32. The maximum Gasteiger partial charge on any atom is 0.261 e. The van der Waals surface area contributed by atoms with Crippen LogP contribution in [0, 0.1) is 0 Å². The maximum atomic E-state index is 13.7. The Kier molecular flexibility index (Phi) is 10.2. The van der Waals surface area contributed by atoms with Gasteiger partial charge >= 0.3 is 0 Å². The number of hydrogen-bond acceptors (Lipinski definition) is 4. The zero-order chi connectivity index (χ0) is 25.9. The second kappa shape index (κ2) is 13.5. The van der Waals surface area contributed by atoms with Crippen molar-refractivity contribution in [3.8, 4) is 11.5 Å². The molecule has 7 heteroatoms. The number of carbonyl (C=O) groups is 2. The van der Waals surface area contributed by atoms with Crippen molar-refractivity contribution in [2.45, 2.75) is 45.3 Å². The molecule has 0 radical (unpaired) electrons. The molecule has 190 valence electrons. The highest BCUT2D eigenvalue weighted by molar-refractivity contribution is 6.31. The number of hydrogen-bond donors (Lipinski definition) is 1. The van der Waals surface area contributed by atoms with Crippen LogP contribution in [0.15, 0.2) is 78.9 Å². The van der Waals surface area contributed by atoms with E-state index in [1.807, 2.05) is 74.5 Å². The van der Waals surface area contributed by atoms with Crippen LogP contribution in [-0.4, -0.2) is 42.5 Å². The number of ether oxygens (including phenoxy) is 2. The van der Waals surface area contributed by atoms with E-state index in [9.17, 15) is 9.59 Å². The fourth-order valence-corrected chi connectivity index (χ4v) is 3.96. The van der Waals surface area contributed by atoms with Gasteiger partial charge in [-0.1, -0.05) is 79.2 Å². The molecular formula is C29H33ClN2O4. The molecule has 1 N–H and O–H groups in total. The minimum absolute atomic E-state index is 0.0298. The number of nitrogens with one attached hydrogen (secondary N) is 1. The summed E-state index contributed by atoms with van der Waals surface area (Å²) in [5, 5.41) is 3.58. The lowest BCUT2D eigenvalue weighted by atomic mass is 10.0. The fourth-order valence-electron chi connectivity index (χ4n) is 3.77. The first-order valence-corrected chi connectivity index (χ1v) is 12.4. The highest BCUT2D eigenvalue weighted by Gasteiger charge is 2.31. The van der Waals surface area contributed by atoms with E-state index in [0.29, 0.717) is 22.9 Å². The van der Waals surface area contributed by atoms with Crippen LogP contribution in [0.4, 0.5) is 0 Å². The number of carbonyl (C=O) groups excluding carboxylic acids is 2. The predicted octanol–water partition coefficient (Wildman–Crippen LogP) is 5.28. The van der Waals surface area contributed by atoms with Gasteiger partial charge in [-0.3, -0.25) is 9.59 Å². The van der Waals surface area contributed by atoms with Crippen molar-refractivity contribution in [1.82, 2.24) is 10.2 Å². The SMILES string of the molecule is CC[C@@H](C)NC(=O)[C@@H](Cc1ccccc1)N(Cc1ccccc1Cl)C(=O)COc1ccccc1OC. The lowest BCUT2D eigenvalue weighted by Crippen LogP contribution is -2.53. The molecule has 0 aliphatic rings.